The highest BCUT2D eigenvalue weighted by Crippen LogP contribution is 2.24. The van der Waals surface area contributed by atoms with Gasteiger partial charge in [0.05, 0.1) is 0 Å². The minimum Gasteiger partial charge on any atom is -0.263 e. The van der Waals surface area contributed by atoms with Gasteiger partial charge in [0.2, 0.25) is 0 Å². The summed E-state index contributed by atoms with van der Waals surface area (Å²) in [5, 5.41) is 0. The molecule has 0 amide bonds. The second-order valence-electron chi connectivity index (χ2n) is 3.44. The van der Waals surface area contributed by atoms with Gasteiger partial charge in [-0.3, -0.25) is 4.99 Å². The standard InChI is InChI=1S/C10H17N/c1-4-9(3)11-10-6-5-8(2)7-10/h6,8H,4-5,7H2,1-3H3. The van der Waals surface area contributed by atoms with E-state index in [1.54, 1.807) is 0 Å². The molecule has 1 atom stereocenters. The summed E-state index contributed by atoms with van der Waals surface area (Å²) in [7, 11) is 0. The van der Waals surface area contributed by atoms with Crippen LogP contribution in [0.15, 0.2) is 16.8 Å². The van der Waals surface area contributed by atoms with Gasteiger partial charge in [0.1, 0.15) is 0 Å². The summed E-state index contributed by atoms with van der Waals surface area (Å²) in [6, 6.07) is 0. The van der Waals surface area contributed by atoms with Crippen LogP contribution in [0.2, 0.25) is 0 Å². The van der Waals surface area contributed by atoms with Crippen molar-refractivity contribution in [3.63, 3.8) is 0 Å². The van der Waals surface area contributed by atoms with Crippen LogP contribution < -0.4 is 0 Å². The molecule has 0 spiro atoms. The van der Waals surface area contributed by atoms with Crippen molar-refractivity contribution >= 4 is 5.71 Å². The highest BCUT2D eigenvalue weighted by molar-refractivity contribution is 5.82. The Hall–Kier alpha value is -0.590. The van der Waals surface area contributed by atoms with Crippen molar-refractivity contribution in [2.75, 3.05) is 0 Å². The minimum absolute atomic E-state index is 0.818. The Morgan fingerprint density at radius 2 is 2.45 bits per heavy atom. The normalized spacial score (nSPS) is 25.5. The molecule has 1 aliphatic carbocycles. The van der Waals surface area contributed by atoms with Crippen molar-refractivity contribution in [3.05, 3.63) is 11.8 Å². The molecule has 0 saturated carbocycles. The van der Waals surface area contributed by atoms with Crippen molar-refractivity contribution in [2.45, 2.75) is 40.0 Å². The van der Waals surface area contributed by atoms with Crippen LogP contribution in [0.25, 0.3) is 0 Å². The summed E-state index contributed by atoms with van der Waals surface area (Å²) >= 11 is 0. The van der Waals surface area contributed by atoms with E-state index >= 15 is 0 Å². The first kappa shape index (κ1) is 8.51. The fourth-order valence-corrected chi connectivity index (χ4v) is 1.28. The van der Waals surface area contributed by atoms with E-state index in [1.165, 1.54) is 24.3 Å². The van der Waals surface area contributed by atoms with Gasteiger partial charge in [0.15, 0.2) is 0 Å². The third-order valence-corrected chi connectivity index (χ3v) is 2.16. The highest BCUT2D eigenvalue weighted by Gasteiger charge is 2.10. The van der Waals surface area contributed by atoms with Crippen LogP contribution in [-0.4, -0.2) is 5.71 Å². The van der Waals surface area contributed by atoms with E-state index in [9.17, 15) is 0 Å². The van der Waals surface area contributed by atoms with Crippen LogP contribution in [0.1, 0.15) is 40.0 Å². The van der Waals surface area contributed by atoms with Gasteiger partial charge in [-0.05, 0) is 32.1 Å². The highest BCUT2D eigenvalue weighted by atomic mass is 14.8. The molecular formula is C10H17N. The number of allylic oxidation sites excluding steroid dienone is 2. The number of aliphatic imine (C=N–C) groups is 1. The summed E-state index contributed by atoms with van der Waals surface area (Å²) in [4.78, 5) is 4.52. The average molecular weight is 151 g/mol. The Morgan fingerprint density at radius 1 is 1.73 bits per heavy atom. The number of hydrogen-bond donors (Lipinski definition) is 0. The Balaban J connectivity index is 2.51. The number of rotatable bonds is 2. The first-order valence-electron chi connectivity index (χ1n) is 4.45. The second-order valence-corrected chi connectivity index (χ2v) is 3.44. The zero-order valence-corrected chi connectivity index (χ0v) is 7.72. The van der Waals surface area contributed by atoms with Crippen LogP contribution >= 0.6 is 0 Å². The molecule has 0 radical (unpaired) electrons. The molecule has 62 valence electrons. The molecule has 0 saturated heterocycles. The molecule has 0 aromatic carbocycles. The summed E-state index contributed by atoms with van der Waals surface area (Å²) in [5.74, 6) is 0.818. The zero-order chi connectivity index (χ0) is 8.27. The van der Waals surface area contributed by atoms with Crippen LogP contribution in [0.3, 0.4) is 0 Å². The topological polar surface area (TPSA) is 12.4 Å². The summed E-state index contributed by atoms with van der Waals surface area (Å²) in [5.41, 5.74) is 2.56. The molecule has 1 nitrogen and oxygen atoms in total. The molecule has 11 heavy (non-hydrogen) atoms. The van der Waals surface area contributed by atoms with E-state index in [-0.39, 0.29) is 0 Å². The van der Waals surface area contributed by atoms with Crippen LogP contribution in [0, 0.1) is 5.92 Å². The Labute approximate surface area is 69.2 Å². The van der Waals surface area contributed by atoms with Crippen molar-refractivity contribution in [1.82, 2.24) is 0 Å². The number of hydrogen-bond acceptors (Lipinski definition) is 1. The lowest BCUT2D eigenvalue weighted by atomic mass is 10.1. The fraction of sp³-hybridized carbons (Fsp3) is 0.700. The van der Waals surface area contributed by atoms with Crippen LogP contribution in [-0.2, 0) is 0 Å². The maximum absolute atomic E-state index is 4.52. The van der Waals surface area contributed by atoms with Gasteiger partial charge in [0, 0.05) is 11.4 Å². The molecule has 1 heteroatoms. The molecule has 0 N–H and O–H groups in total. The molecular weight excluding hydrogens is 134 g/mol. The van der Waals surface area contributed by atoms with Crippen LogP contribution in [0.4, 0.5) is 0 Å². The number of nitrogens with zero attached hydrogens (tertiary/aromatic N) is 1. The summed E-state index contributed by atoms with van der Waals surface area (Å²) in [6.07, 6.45) is 5.74. The lowest BCUT2D eigenvalue weighted by molar-refractivity contribution is 0.626. The van der Waals surface area contributed by atoms with Gasteiger partial charge in [0.25, 0.3) is 0 Å². The molecule has 0 aromatic heterocycles. The van der Waals surface area contributed by atoms with E-state index in [2.05, 4.69) is 31.8 Å². The van der Waals surface area contributed by atoms with Crippen LogP contribution in [0.5, 0.6) is 0 Å². The average Bonchev–Trinajstić information content (AvgIpc) is 2.35. The van der Waals surface area contributed by atoms with Gasteiger partial charge in [-0.1, -0.05) is 19.9 Å². The van der Waals surface area contributed by atoms with E-state index in [0.717, 1.165) is 12.3 Å². The molecule has 0 heterocycles. The Morgan fingerprint density at radius 3 is 2.91 bits per heavy atom. The molecule has 0 aliphatic heterocycles. The second kappa shape index (κ2) is 3.70. The van der Waals surface area contributed by atoms with Crippen molar-refractivity contribution in [2.24, 2.45) is 10.9 Å². The molecule has 0 bridgehead atoms. The molecule has 1 unspecified atom stereocenters. The molecule has 1 aliphatic rings. The predicted octanol–water partition coefficient (Wildman–Crippen LogP) is 3.17. The minimum atomic E-state index is 0.818. The first-order valence-corrected chi connectivity index (χ1v) is 4.45. The summed E-state index contributed by atoms with van der Waals surface area (Å²) in [6.45, 7) is 6.53. The first-order chi connectivity index (χ1) is 5.22. The van der Waals surface area contributed by atoms with Crippen molar-refractivity contribution < 1.29 is 0 Å². The Bertz CT molecular complexity index is 189. The third-order valence-electron chi connectivity index (χ3n) is 2.16. The van der Waals surface area contributed by atoms with Crippen molar-refractivity contribution in [1.29, 1.82) is 0 Å². The van der Waals surface area contributed by atoms with Gasteiger partial charge in [-0.25, -0.2) is 0 Å². The predicted molar refractivity (Wildman–Crippen MR) is 49.9 cm³/mol. The van der Waals surface area contributed by atoms with Gasteiger partial charge < -0.3 is 0 Å². The maximum Gasteiger partial charge on any atom is 0.0365 e. The largest absolute Gasteiger partial charge is 0.263 e. The van der Waals surface area contributed by atoms with E-state index in [4.69, 9.17) is 0 Å². The van der Waals surface area contributed by atoms with E-state index < -0.39 is 0 Å². The SMILES string of the molecule is CCC(C)=NC1=CCC(C)C1. The zero-order valence-electron chi connectivity index (χ0n) is 7.72. The third kappa shape index (κ3) is 2.49. The van der Waals surface area contributed by atoms with E-state index in [1.807, 2.05) is 0 Å². The van der Waals surface area contributed by atoms with Gasteiger partial charge >= 0.3 is 0 Å². The maximum atomic E-state index is 4.52. The lowest BCUT2D eigenvalue weighted by Crippen LogP contribution is -1.89. The quantitative estimate of drug-likeness (QED) is 0.537. The fourth-order valence-electron chi connectivity index (χ4n) is 1.28. The molecule has 0 fully saturated rings. The molecule has 0 aromatic rings. The Kier molecular flexibility index (Phi) is 2.86. The van der Waals surface area contributed by atoms with E-state index in [0.29, 0.717) is 0 Å². The van der Waals surface area contributed by atoms with Gasteiger partial charge in [-0.2, -0.15) is 0 Å². The summed E-state index contributed by atoms with van der Waals surface area (Å²) < 4.78 is 0. The lowest BCUT2D eigenvalue weighted by Gasteiger charge is -1.99. The van der Waals surface area contributed by atoms with Gasteiger partial charge in [-0.15, -0.1) is 0 Å². The monoisotopic (exact) mass is 151 g/mol. The smallest absolute Gasteiger partial charge is 0.0365 e. The van der Waals surface area contributed by atoms with Crippen molar-refractivity contribution in [3.8, 4) is 0 Å². The molecule has 1 rings (SSSR count).